The SMILES string of the molecule is CCOC(=O)c1ccc(-c2ccc(C=NNC(=O)c3ccccc3-n3cccc3)o2)cc1. The number of aromatic nitrogens is 1. The number of amides is 1. The van der Waals surface area contributed by atoms with Crippen molar-refractivity contribution in [1.29, 1.82) is 0 Å². The largest absolute Gasteiger partial charge is 0.462 e. The molecule has 7 heteroatoms. The molecular weight excluding hydrogens is 406 g/mol. The maximum atomic E-state index is 12.6. The second-order valence-corrected chi connectivity index (χ2v) is 6.81. The molecule has 160 valence electrons. The molecule has 1 N–H and O–H groups in total. The Morgan fingerprint density at radius 3 is 2.50 bits per heavy atom. The lowest BCUT2D eigenvalue weighted by molar-refractivity contribution is 0.0526. The highest BCUT2D eigenvalue weighted by Crippen LogP contribution is 2.22. The van der Waals surface area contributed by atoms with E-state index in [0.717, 1.165) is 11.3 Å². The van der Waals surface area contributed by atoms with Gasteiger partial charge >= 0.3 is 5.97 Å². The number of rotatable bonds is 7. The summed E-state index contributed by atoms with van der Waals surface area (Å²) in [4.78, 5) is 24.4. The first-order valence-electron chi connectivity index (χ1n) is 10.1. The molecule has 1 amide bonds. The van der Waals surface area contributed by atoms with Gasteiger partial charge < -0.3 is 13.7 Å². The number of ether oxygens (including phenoxy) is 1. The Morgan fingerprint density at radius 2 is 1.75 bits per heavy atom. The van der Waals surface area contributed by atoms with E-state index in [2.05, 4.69) is 10.5 Å². The predicted octanol–water partition coefficient (Wildman–Crippen LogP) is 4.68. The van der Waals surface area contributed by atoms with Gasteiger partial charge in [0.05, 0.1) is 29.6 Å². The van der Waals surface area contributed by atoms with E-state index in [4.69, 9.17) is 9.15 Å². The molecule has 32 heavy (non-hydrogen) atoms. The number of furan rings is 1. The van der Waals surface area contributed by atoms with Gasteiger partial charge in [-0.15, -0.1) is 0 Å². The van der Waals surface area contributed by atoms with Gasteiger partial charge in [-0.1, -0.05) is 24.3 Å². The fraction of sp³-hybridized carbons (Fsp3) is 0.0800. The van der Waals surface area contributed by atoms with Crippen LogP contribution < -0.4 is 5.43 Å². The first kappa shape index (κ1) is 20.9. The van der Waals surface area contributed by atoms with Gasteiger partial charge in [0.1, 0.15) is 11.5 Å². The summed E-state index contributed by atoms with van der Waals surface area (Å²) < 4.78 is 12.6. The highest BCUT2D eigenvalue weighted by atomic mass is 16.5. The van der Waals surface area contributed by atoms with Crippen molar-refractivity contribution in [3.63, 3.8) is 0 Å². The van der Waals surface area contributed by atoms with E-state index in [0.29, 0.717) is 29.3 Å². The van der Waals surface area contributed by atoms with Crippen LogP contribution in [-0.4, -0.2) is 29.3 Å². The van der Waals surface area contributed by atoms with Crippen LogP contribution in [-0.2, 0) is 4.74 Å². The molecule has 0 aliphatic carbocycles. The number of carbonyl (C=O) groups excluding carboxylic acids is 2. The zero-order chi connectivity index (χ0) is 22.3. The lowest BCUT2D eigenvalue weighted by Crippen LogP contribution is -2.19. The van der Waals surface area contributed by atoms with E-state index in [1.165, 1.54) is 6.21 Å². The van der Waals surface area contributed by atoms with E-state index >= 15 is 0 Å². The molecule has 0 saturated carbocycles. The summed E-state index contributed by atoms with van der Waals surface area (Å²) in [5.74, 6) is 0.409. The highest BCUT2D eigenvalue weighted by molar-refractivity contribution is 5.98. The zero-order valence-electron chi connectivity index (χ0n) is 17.4. The van der Waals surface area contributed by atoms with Gasteiger partial charge in [-0.25, -0.2) is 10.2 Å². The molecular formula is C25H21N3O4. The lowest BCUT2D eigenvalue weighted by atomic mass is 10.1. The van der Waals surface area contributed by atoms with Gasteiger partial charge in [0.2, 0.25) is 0 Å². The summed E-state index contributed by atoms with van der Waals surface area (Å²) in [6, 6.07) is 21.6. The molecule has 0 bridgehead atoms. The number of nitrogens with zero attached hydrogens (tertiary/aromatic N) is 2. The Bertz CT molecular complexity index is 1240. The van der Waals surface area contributed by atoms with Crippen LogP contribution in [0.3, 0.4) is 0 Å². The van der Waals surface area contributed by atoms with Gasteiger partial charge in [-0.05, 0) is 55.5 Å². The molecule has 0 radical (unpaired) electrons. The van der Waals surface area contributed by atoms with Crippen molar-refractivity contribution >= 4 is 18.1 Å². The van der Waals surface area contributed by atoms with Crippen molar-refractivity contribution in [2.75, 3.05) is 6.61 Å². The summed E-state index contributed by atoms with van der Waals surface area (Å²) in [5, 5.41) is 4.02. The Morgan fingerprint density at radius 1 is 1.00 bits per heavy atom. The molecule has 0 fully saturated rings. The first-order valence-corrected chi connectivity index (χ1v) is 10.1. The van der Waals surface area contributed by atoms with Crippen LogP contribution in [0.4, 0.5) is 0 Å². The lowest BCUT2D eigenvalue weighted by Gasteiger charge is -2.08. The Hall–Kier alpha value is -4.39. The van der Waals surface area contributed by atoms with Crippen molar-refractivity contribution in [3.05, 3.63) is 102 Å². The number of hydrogen-bond donors (Lipinski definition) is 1. The molecule has 0 aliphatic heterocycles. The molecule has 0 atom stereocenters. The standard InChI is InChI=1S/C25H21N3O4/c1-2-31-25(30)19-11-9-18(10-12-19)23-14-13-20(32-23)17-26-27-24(29)21-7-3-4-8-22(21)28-15-5-6-16-28/h3-17H,2H2,1H3,(H,27,29). The normalized spacial score (nSPS) is 10.9. The topological polar surface area (TPSA) is 85.8 Å². The number of para-hydroxylation sites is 1. The molecule has 0 spiro atoms. The van der Waals surface area contributed by atoms with Crippen LogP contribution in [0.1, 0.15) is 33.4 Å². The second-order valence-electron chi connectivity index (χ2n) is 6.81. The van der Waals surface area contributed by atoms with E-state index in [9.17, 15) is 9.59 Å². The monoisotopic (exact) mass is 427 g/mol. The van der Waals surface area contributed by atoms with Crippen molar-refractivity contribution in [2.45, 2.75) is 6.92 Å². The van der Waals surface area contributed by atoms with Crippen molar-refractivity contribution in [2.24, 2.45) is 5.10 Å². The van der Waals surface area contributed by atoms with E-state index in [1.807, 2.05) is 41.2 Å². The van der Waals surface area contributed by atoms with E-state index in [1.54, 1.807) is 55.5 Å². The van der Waals surface area contributed by atoms with Gasteiger partial charge in [-0.3, -0.25) is 4.79 Å². The summed E-state index contributed by atoms with van der Waals surface area (Å²) in [6.45, 7) is 2.09. The Balaban J connectivity index is 1.42. The molecule has 0 unspecified atom stereocenters. The molecule has 4 rings (SSSR count). The van der Waals surface area contributed by atoms with Gasteiger partial charge in [-0.2, -0.15) is 5.10 Å². The third-order valence-corrected chi connectivity index (χ3v) is 4.70. The van der Waals surface area contributed by atoms with E-state index < -0.39 is 0 Å². The third-order valence-electron chi connectivity index (χ3n) is 4.70. The van der Waals surface area contributed by atoms with Crippen molar-refractivity contribution in [1.82, 2.24) is 9.99 Å². The minimum Gasteiger partial charge on any atom is -0.462 e. The molecule has 2 aromatic heterocycles. The van der Waals surface area contributed by atoms with Gasteiger partial charge in [0.25, 0.3) is 5.91 Å². The number of benzene rings is 2. The number of hydrogen-bond acceptors (Lipinski definition) is 5. The van der Waals surface area contributed by atoms with Crippen molar-refractivity contribution in [3.8, 4) is 17.0 Å². The minimum atomic E-state index is -0.361. The van der Waals surface area contributed by atoms with Crippen LogP contribution in [0.5, 0.6) is 0 Å². The van der Waals surface area contributed by atoms with Crippen LogP contribution in [0.15, 0.2) is 94.7 Å². The number of hydrazone groups is 1. The smallest absolute Gasteiger partial charge is 0.338 e. The van der Waals surface area contributed by atoms with E-state index in [-0.39, 0.29) is 11.9 Å². The Kier molecular flexibility index (Phi) is 6.27. The van der Waals surface area contributed by atoms with Crippen LogP contribution in [0.25, 0.3) is 17.0 Å². The number of esters is 1. The number of nitrogens with one attached hydrogen (secondary N) is 1. The molecule has 4 aromatic rings. The molecule has 2 aromatic carbocycles. The second kappa shape index (κ2) is 9.61. The summed E-state index contributed by atoms with van der Waals surface area (Å²) in [6.07, 6.45) is 5.19. The minimum absolute atomic E-state index is 0.327. The Labute approximate surface area is 184 Å². The maximum Gasteiger partial charge on any atom is 0.338 e. The maximum absolute atomic E-state index is 12.6. The first-order chi connectivity index (χ1) is 15.7. The third kappa shape index (κ3) is 4.67. The average molecular weight is 427 g/mol. The quantitative estimate of drug-likeness (QED) is 0.264. The molecule has 2 heterocycles. The highest BCUT2D eigenvalue weighted by Gasteiger charge is 2.11. The average Bonchev–Trinajstić information content (AvgIpc) is 3.52. The van der Waals surface area contributed by atoms with Crippen LogP contribution in [0, 0.1) is 0 Å². The van der Waals surface area contributed by atoms with Crippen LogP contribution in [0.2, 0.25) is 0 Å². The van der Waals surface area contributed by atoms with Gasteiger partial charge in [0, 0.05) is 18.0 Å². The van der Waals surface area contributed by atoms with Gasteiger partial charge in [0.15, 0.2) is 0 Å². The van der Waals surface area contributed by atoms with Crippen LogP contribution >= 0.6 is 0 Å². The number of carbonyl (C=O) groups is 2. The fourth-order valence-electron chi connectivity index (χ4n) is 3.16. The summed E-state index contributed by atoms with van der Waals surface area (Å²) in [5.41, 5.74) is 5.09. The van der Waals surface area contributed by atoms with Crippen molar-refractivity contribution < 1.29 is 18.7 Å². The summed E-state index contributed by atoms with van der Waals surface area (Å²) in [7, 11) is 0. The fourth-order valence-corrected chi connectivity index (χ4v) is 3.16. The zero-order valence-corrected chi connectivity index (χ0v) is 17.4. The predicted molar refractivity (Wildman–Crippen MR) is 121 cm³/mol. The molecule has 0 aliphatic rings. The summed E-state index contributed by atoms with van der Waals surface area (Å²) >= 11 is 0. The molecule has 0 saturated heterocycles. The molecule has 7 nitrogen and oxygen atoms in total.